The normalized spacial score (nSPS) is 16.6. The van der Waals surface area contributed by atoms with E-state index in [0.717, 1.165) is 38.2 Å². The van der Waals surface area contributed by atoms with E-state index in [-0.39, 0.29) is 5.56 Å². The smallest absolute Gasteiger partial charge is 0.191 e. The summed E-state index contributed by atoms with van der Waals surface area (Å²) in [5.74, 6) is -1.07. The number of aliphatic hydroxyl groups excluding tert-OH is 1. The largest absolute Gasteiger partial charge is 0.388 e. The highest BCUT2D eigenvalue weighted by molar-refractivity contribution is 5.96. The van der Waals surface area contributed by atoms with Crippen LogP contribution < -0.4 is 0 Å². The number of Topliss-reactive ketones (excluding diaryl/α,β-unsaturated/α-hetero) is 1. The van der Waals surface area contributed by atoms with Crippen LogP contribution in [0.2, 0.25) is 0 Å². The van der Waals surface area contributed by atoms with Gasteiger partial charge in [0.1, 0.15) is 24.1 Å². The van der Waals surface area contributed by atoms with Crippen molar-refractivity contribution in [2.24, 2.45) is 0 Å². The first kappa shape index (κ1) is 17.6. The number of hydrogen-bond donors (Lipinski definition) is 1. The maximum atomic E-state index is 13.7. The monoisotopic (exact) mass is 346 g/mol. The second kappa shape index (κ2) is 7.35. The van der Waals surface area contributed by atoms with Crippen molar-refractivity contribution in [3.8, 4) is 0 Å². The minimum absolute atomic E-state index is 0.251. The molecule has 0 unspecified atom stereocenters. The molecule has 1 aromatic heterocycles. The van der Waals surface area contributed by atoms with Crippen molar-refractivity contribution < 1.29 is 18.7 Å². The molecular weight excluding hydrogens is 326 g/mol. The molecule has 0 atom stereocenters. The zero-order valence-electron chi connectivity index (χ0n) is 13.8. The molecule has 2 aromatic rings. The zero-order valence-corrected chi connectivity index (χ0v) is 13.8. The molecule has 132 valence electrons. The minimum atomic E-state index is -0.588. The summed E-state index contributed by atoms with van der Waals surface area (Å²) >= 11 is 0. The lowest BCUT2D eigenvalue weighted by Crippen LogP contribution is -2.32. The Hall–Kier alpha value is -2.21. The summed E-state index contributed by atoms with van der Waals surface area (Å²) in [6.45, 7) is -0.588. The molecule has 1 heterocycles. The quantitative estimate of drug-likeness (QED) is 0.843. The van der Waals surface area contributed by atoms with Crippen molar-refractivity contribution in [2.75, 3.05) is 6.61 Å². The molecular formula is C19H20F2N2O2. The van der Waals surface area contributed by atoms with Gasteiger partial charge in [-0.1, -0.05) is 19.3 Å². The highest BCUT2D eigenvalue weighted by Gasteiger charge is 2.35. The van der Waals surface area contributed by atoms with Crippen molar-refractivity contribution in [3.63, 3.8) is 0 Å². The summed E-state index contributed by atoms with van der Waals surface area (Å²) in [6.07, 6.45) is 7.95. The highest BCUT2D eigenvalue weighted by atomic mass is 19.1. The zero-order chi connectivity index (χ0) is 17.9. The van der Waals surface area contributed by atoms with Gasteiger partial charge in [0.2, 0.25) is 0 Å². The summed E-state index contributed by atoms with van der Waals surface area (Å²) in [6, 6.07) is 3.68. The van der Waals surface area contributed by atoms with Crippen LogP contribution in [0.4, 0.5) is 8.78 Å². The molecule has 1 fully saturated rings. The van der Waals surface area contributed by atoms with Gasteiger partial charge in [-0.25, -0.2) is 18.7 Å². The van der Waals surface area contributed by atoms with E-state index in [1.165, 1.54) is 24.5 Å². The van der Waals surface area contributed by atoms with Gasteiger partial charge in [0.05, 0.1) is 5.56 Å². The first-order valence-corrected chi connectivity index (χ1v) is 8.44. The number of carbonyl (C=O) groups excluding carboxylic acids is 1. The number of aliphatic hydroxyl groups is 1. The molecule has 0 saturated heterocycles. The van der Waals surface area contributed by atoms with Crippen LogP contribution in [0.1, 0.15) is 53.8 Å². The number of hydrogen-bond acceptors (Lipinski definition) is 4. The average Bonchev–Trinajstić information content (AvgIpc) is 2.62. The molecule has 1 aliphatic carbocycles. The van der Waals surface area contributed by atoms with Gasteiger partial charge in [-0.15, -0.1) is 0 Å². The Balaban J connectivity index is 1.92. The summed E-state index contributed by atoms with van der Waals surface area (Å²) in [5.41, 5.74) is 0.494. The molecule has 1 aliphatic rings. The van der Waals surface area contributed by atoms with Crippen molar-refractivity contribution in [1.82, 2.24) is 9.97 Å². The van der Waals surface area contributed by atoms with Crippen LogP contribution in [-0.2, 0) is 11.8 Å². The van der Waals surface area contributed by atoms with Crippen LogP contribution in [-0.4, -0.2) is 27.5 Å². The van der Waals surface area contributed by atoms with E-state index in [1.807, 2.05) is 0 Å². The van der Waals surface area contributed by atoms with Crippen molar-refractivity contribution >= 4 is 5.78 Å². The topological polar surface area (TPSA) is 63.1 Å². The third-order valence-corrected chi connectivity index (χ3v) is 4.95. The molecule has 1 saturated carbocycles. The maximum absolute atomic E-state index is 13.7. The Morgan fingerprint density at radius 1 is 1.04 bits per heavy atom. The SMILES string of the molecule is O=C(CO)c1cnc(CC2(c3cc(F)cc(F)c3)CCCCC2)nc1. The lowest BCUT2D eigenvalue weighted by atomic mass is 9.67. The number of carbonyl (C=O) groups is 1. The lowest BCUT2D eigenvalue weighted by molar-refractivity contribution is 0.0903. The van der Waals surface area contributed by atoms with Crippen molar-refractivity contribution in [3.05, 3.63) is 59.2 Å². The fourth-order valence-electron chi connectivity index (χ4n) is 3.64. The van der Waals surface area contributed by atoms with E-state index in [0.29, 0.717) is 17.8 Å². The summed E-state index contributed by atoms with van der Waals surface area (Å²) in [7, 11) is 0. The number of rotatable bonds is 5. The molecule has 1 aromatic carbocycles. The molecule has 0 bridgehead atoms. The third kappa shape index (κ3) is 3.90. The first-order chi connectivity index (χ1) is 12.0. The Bertz CT molecular complexity index is 736. The van der Waals surface area contributed by atoms with Crippen molar-refractivity contribution in [1.29, 1.82) is 0 Å². The van der Waals surface area contributed by atoms with E-state index in [9.17, 15) is 13.6 Å². The van der Waals surface area contributed by atoms with Crippen LogP contribution in [0.15, 0.2) is 30.6 Å². The predicted octanol–water partition coefficient (Wildman–Crippen LogP) is 3.37. The average molecular weight is 346 g/mol. The summed E-state index contributed by atoms with van der Waals surface area (Å²) in [4.78, 5) is 19.9. The highest BCUT2D eigenvalue weighted by Crippen LogP contribution is 2.42. The van der Waals surface area contributed by atoms with Gasteiger partial charge >= 0.3 is 0 Å². The van der Waals surface area contributed by atoms with Gasteiger partial charge in [-0.2, -0.15) is 0 Å². The van der Waals surface area contributed by atoms with E-state index in [2.05, 4.69) is 9.97 Å². The van der Waals surface area contributed by atoms with Crippen LogP contribution >= 0.6 is 0 Å². The number of nitrogens with zero attached hydrogens (tertiary/aromatic N) is 2. The molecule has 0 radical (unpaired) electrons. The van der Waals surface area contributed by atoms with Crippen LogP contribution in [0.3, 0.4) is 0 Å². The fourth-order valence-corrected chi connectivity index (χ4v) is 3.64. The Kier molecular flexibility index (Phi) is 5.18. The predicted molar refractivity (Wildman–Crippen MR) is 88.3 cm³/mol. The molecule has 3 rings (SSSR count). The number of benzene rings is 1. The van der Waals surface area contributed by atoms with E-state index < -0.39 is 29.4 Å². The van der Waals surface area contributed by atoms with E-state index in [1.54, 1.807) is 0 Å². The maximum Gasteiger partial charge on any atom is 0.191 e. The number of ketones is 1. The Morgan fingerprint density at radius 3 is 2.20 bits per heavy atom. The van der Waals surface area contributed by atoms with Crippen LogP contribution in [0.25, 0.3) is 0 Å². The van der Waals surface area contributed by atoms with E-state index >= 15 is 0 Å². The van der Waals surface area contributed by atoms with Gasteiger partial charge in [0.25, 0.3) is 0 Å². The molecule has 0 spiro atoms. The molecule has 25 heavy (non-hydrogen) atoms. The molecule has 4 nitrogen and oxygen atoms in total. The molecule has 0 aliphatic heterocycles. The number of aromatic nitrogens is 2. The van der Waals surface area contributed by atoms with Gasteiger partial charge in [0.15, 0.2) is 5.78 Å². The van der Waals surface area contributed by atoms with Crippen molar-refractivity contribution in [2.45, 2.75) is 43.9 Å². The van der Waals surface area contributed by atoms with Gasteiger partial charge in [-0.3, -0.25) is 4.79 Å². The third-order valence-electron chi connectivity index (χ3n) is 4.95. The first-order valence-electron chi connectivity index (χ1n) is 8.44. The van der Waals surface area contributed by atoms with Crippen LogP contribution in [0.5, 0.6) is 0 Å². The standard InChI is InChI=1S/C19H20F2N2O2/c20-15-6-14(7-16(21)8-15)19(4-2-1-3-5-19)9-18-22-10-13(11-23-18)17(25)12-24/h6-8,10-11,24H,1-5,9,12H2. The summed E-state index contributed by atoms with van der Waals surface area (Å²) in [5, 5.41) is 8.88. The number of halogens is 2. The van der Waals surface area contributed by atoms with Gasteiger partial charge in [-0.05, 0) is 30.5 Å². The van der Waals surface area contributed by atoms with E-state index in [4.69, 9.17) is 5.11 Å². The van der Waals surface area contributed by atoms with Crippen LogP contribution in [0, 0.1) is 11.6 Å². The lowest BCUT2D eigenvalue weighted by Gasteiger charge is -2.37. The second-order valence-corrected chi connectivity index (χ2v) is 6.65. The molecule has 0 amide bonds. The second-order valence-electron chi connectivity index (χ2n) is 6.65. The van der Waals surface area contributed by atoms with Gasteiger partial charge < -0.3 is 5.11 Å². The fraction of sp³-hybridized carbons (Fsp3) is 0.421. The molecule has 1 N–H and O–H groups in total. The Morgan fingerprint density at radius 2 is 1.64 bits per heavy atom. The van der Waals surface area contributed by atoms with Gasteiger partial charge in [0, 0.05) is 30.3 Å². The summed E-state index contributed by atoms with van der Waals surface area (Å²) < 4.78 is 27.5. The minimum Gasteiger partial charge on any atom is -0.388 e. The Labute approximate surface area is 144 Å². The molecule has 6 heteroatoms.